The minimum Gasteiger partial charge on any atom is -0.320 e. The van der Waals surface area contributed by atoms with Gasteiger partial charge in [-0.1, -0.05) is 6.07 Å². The average Bonchev–Trinajstić information content (AvgIpc) is 2.68. The highest BCUT2D eigenvalue weighted by Crippen LogP contribution is 2.30. The second kappa shape index (κ2) is 7.78. The smallest absolute Gasteiger partial charge is 0.320 e. The first-order valence-corrected chi connectivity index (χ1v) is 8.40. The van der Waals surface area contributed by atoms with Crippen LogP contribution in [0.4, 0.5) is 24.5 Å². The summed E-state index contributed by atoms with van der Waals surface area (Å²) in [6.45, 7) is 1.46. The molecule has 1 aromatic heterocycles. The van der Waals surface area contributed by atoms with Gasteiger partial charge in [-0.2, -0.15) is 18.3 Å². The number of aromatic nitrogens is 2. The minimum atomic E-state index is -4.57. The number of carbonyl (C=O) groups is 1. The number of halogens is 3. The predicted octanol–water partition coefficient (Wildman–Crippen LogP) is 3.72. The van der Waals surface area contributed by atoms with Crippen molar-refractivity contribution in [2.24, 2.45) is 0 Å². The molecule has 0 fully saturated rings. The predicted molar refractivity (Wildman–Crippen MR) is 101 cm³/mol. The fourth-order valence-electron chi connectivity index (χ4n) is 2.64. The number of alkyl halides is 3. The van der Waals surface area contributed by atoms with Crippen molar-refractivity contribution in [1.82, 2.24) is 9.78 Å². The molecule has 1 N–H and O–H groups in total. The van der Waals surface area contributed by atoms with Gasteiger partial charge in [-0.3, -0.25) is 19.7 Å². The van der Waals surface area contributed by atoms with E-state index in [1.807, 2.05) is 0 Å². The van der Waals surface area contributed by atoms with Crippen LogP contribution in [0.2, 0.25) is 0 Å². The number of benzene rings is 2. The van der Waals surface area contributed by atoms with Gasteiger partial charge in [0.05, 0.1) is 16.2 Å². The number of hydrogen-bond acceptors (Lipinski definition) is 5. The zero-order valence-electron chi connectivity index (χ0n) is 15.3. The van der Waals surface area contributed by atoms with Crippen molar-refractivity contribution >= 4 is 17.3 Å². The van der Waals surface area contributed by atoms with E-state index < -0.39 is 33.7 Å². The summed E-state index contributed by atoms with van der Waals surface area (Å²) in [6, 6.07) is 10.2. The van der Waals surface area contributed by atoms with Crippen LogP contribution in [-0.2, 0) is 6.18 Å². The van der Waals surface area contributed by atoms with Gasteiger partial charge in [-0.25, -0.2) is 4.68 Å². The lowest BCUT2D eigenvalue weighted by molar-refractivity contribution is -0.384. The van der Waals surface area contributed by atoms with Crippen LogP contribution in [0.15, 0.2) is 59.4 Å². The first kappa shape index (κ1) is 20.7. The van der Waals surface area contributed by atoms with Crippen LogP contribution in [0, 0.1) is 17.0 Å². The van der Waals surface area contributed by atoms with Crippen LogP contribution in [0.5, 0.6) is 0 Å². The third-order valence-electron chi connectivity index (χ3n) is 4.08. The number of carbonyl (C=O) groups excluding carboxylic acids is 1. The standard InChI is InChI=1S/C19H13F3N4O4/c1-11-9-16(27)17(18(28)23-13-5-7-14(8-6-13)26(29)30)24-25(11)15-4-2-3-12(10-15)19(20,21)22/h2-10H,1H3,(H,23,28). The highest BCUT2D eigenvalue weighted by atomic mass is 19.4. The van der Waals surface area contributed by atoms with Crippen molar-refractivity contribution in [3.05, 3.63) is 91.9 Å². The highest BCUT2D eigenvalue weighted by molar-refractivity contribution is 6.02. The lowest BCUT2D eigenvalue weighted by atomic mass is 10.2. The second-order valence-electron chi connectivity index (χ2n) is 6.22. The molecule has 0 saturated carbocycles. The van der Waals surface area contributed by atoms with Crippen molar-refractivity contribution in [2.75, 3.05) is 5.32 Å². The number of nitro groups is 1. The number of amides is 1. The zero-order chi connectivity index (χ0) is 22.1. The van der Waals surface area contributed by atoms with Gasteiger partial charge in [-0.15, -0.1) is 0 Å². The third-order valence-corrected chi connectivity index (χ3v) is 4.08. The Morgan fingerprint density at radius 3 is 2.40 bits per heavy atom. The molecule has 0 spiro atoms. The topological polar surface area (TPSA) is 107 Å². The Hall–Kier alpha value is -4.02. The largest absolute Gasteiger partial charge is 0.416 e. The number of anilines is 1. The van der Waals surface area contributed by atoms with Crippen molar-refractivity contribution in [3.8, 4) is 5.69 Å². The summed E-state index contributed by atoms with van der Waals surface area (Å²) in [7, 11) is 0. The quantitative estimate of drug-likeness (QED) is 0.513. The lowest BCUT2D eigenvalue weighted by Crippen LogP contribution is -2.27. The van der Waals surface area contributed by atoms with Gasteiger partial charge in [0.1, 0.15) is 0 Å². The van der Waals surface area contributed by atoms with Crippen LogP contribution in [-0.4, -0.2) is 20.6 Å². The summed E-state index contributed by atoms with van der Waals surface area (Å²) in [5, 5.41) is 17.0. The molecule has 1 heterocycles. The Morgan fingerprint density at radius 2 is 1.80 bits per heavy atom. The molecule has 30 heavy (non-hydrogen) atoms. The summed E-state index contributed by atoms with van der Waals surface area (Å²) >= 11 is 0. The summed E-state index contributed by atoms with van der Waals surface area (Å²) in [5.41, 5.74) is -1.94. The summed E-state index contributed by atoms with van der Waals surface area (Å²) in [5.74, 6) is -0.908. The molecule has 11 heteroatoms. The van der Waals surface area contributed by atoms with Crippen LogP contribution in [0.3, 0.4) is 0 Å². The SMILES string of the molecule is Cc1cc(=O)c(C(=O)Nc2ccc([N+](=O)[O-])cc2)nn1-c1cccc(C(F)(F)F)c1. The number of nitrogens with one attached hydrogen (secondary N) is 1. The van der Waals surface area contributed by atoms with E-state index >= 15 is 0 Å². The molecule has 8 nitrogen and oxygen atoms in total. The van der Waals surface area contributed by atoms with Crippen LogP contribution < -0.4 is 10.7 Å². The van der Waals surface area contributed by atoms with E-state index in [4.69, 9.17) is 0 Å². The van der Waals surface area contributed by atoms with Crippen molar-refractivity contribution in [2.45, 2.75) is 13.1 Å². The molecule has 0 saturated heterocycles. The number of non-ortho nitro benzene ring substituents is 1. The van der Waals surface area contributed by atoms with E-state index in [-0.39, 0.29) is 22.8 Å². The number of aryl methyl sites for hydroxylation is 1. The summed E-state index contributed by atoms with van der Waals surface area (Å²) in [6.07, 6.45) is -4.57. The van der Waals surface area contributed by atoms with Gasteiger partial charge in [0.25, 0.3) is 11.6 Å². The summed E-state index contributed by atoms with van der Waals surface area (Å²) in [4.78, 5) is 34.8. The zero-order valence-corrected chi connectivity index (χ0v) is 15.3. The maximum absolute atomic E-state index is 13.0. The Balaban J connectivity index is 1.96. The first-order chi connectivity index (χ1) is 14.1. The molecule has 1 amide bonds. The van der Waals surface area contributed by atoms with E-state index in [0.717, 1.165) is 22.9 Å². The maximum Gasteiger partial charge on any atom is 0.416 e. The maximum atomic E-state index is 13.0. The molecule has 0 unspecified atom stereocenters. The van der Waals surface area contributed by atoms with Gasteiger partial charge in [-0.05, 0) is 37.3 Å². The molecule has 2 aromatic carbocycles. The molecule has 154 valence electrons. The van der Waals surface area contributed by atoms with Gasteiger partial charge in [0.2, 0.25) is 5.43 Å². The Kier molecular flexibility index (Phi) is 5.37. The van der Waals surface area contributed by atoms with E-state index in [2.05, 4.69) is 10.4 Å². The number of nitrogens with zero attached hydrogens (tertiary/aromatic N) is 3. The molecular formula is C19H13F3N4O4. The molecule has 0 radical (unpaired) electrons. The Morgan fingerprint density at radius 1 is 1.13 bits per heavy atom. The molecule has 0 aliphatic heterocycles. The number of hydrogen-bond donors (Lipinski definition) is 1. The molecule has 0 atom stereocenters. The van der Waals surface area contributed by atoms with Crippen LogP contribution in [0.1, 0.15) is 21.7 Å². The third kappa shape index (κ3) is 4.35. The van der Waals surface area contributed by atoms with Crippen molar-refractivity contribution < 1.29 is 22.9 Å². The molecule has 0 bridgehead atoms. The van der Waals surface area contributed by atoms with E-state index in [9.17, 15) is 32.9 Å². The van der Waals surface area contributed by atoms with Crippen molar-refractivity contribution in [1.29, 1.82) is 0 Å². The Labute approximate surface area is 166 Å². The van der Waals surface area contributed by atoms with Gasteiger partial charge < -0.3 is 5.32 Å². The molecule has 0 aliphatic rings. The molecular weight excluding hydrogens is 405 g/mol. The second-order valence-corrected chi connectivity index (χ2v) is 6.22. The van der Waals surface area contributed by atoms with E-state index in [1.54, 1.807) is 0 Å². The van der Waals surface area contributed by atoms with Crippen LogP contribution in [0.25, 0.3) is 5.69 Å². The Bertz CT molecular complexity index is 1190. The summed E-state index contributed by atoms with van der Waals surface area (Å²) < 4.78 is 40.0. The number of nitro benzene ring substituents is 1. The van der Waals surface area contributed by atoms with Crippen molar-refractivity contribution in [3.63, 3.8) is 0 Å². The minimum absolute atomic E-state index is 0.0201. The van der Waals surface area contributed by atoms with E-state index in [1.165, 1.54) is 43.3 Å². The van der Waals surface area contributed by atoms with Gasteiger partial charge >= 0.3 is 6.18 Å². The monoisotopic (exact) mass is 418 g/mol. The molecule has 0 aliphatic carbocycles. The fourth-order valence-corrected chi connectivity index (χ4v) is 2.64. The van der Waals surface area contributed by atoms with E-state index in [0.29, 0.717) is 0 Å². The molecule has 3 rings (SSSR count). The van der Waals surface area contributed by atoms with Gasteiger partial charge in [0.15, 0.2) is 5.69 Å². The number of rotatable bonds is 4. The van der Waals surface area contributed by atoms with Crippen LogP contribution >= 0.6 is 0 Å². The normalized spacial score (nSPS) is 11.2. The van der Waals surface area contributed by atoms with Gasteiger partial charge in [0, 0.05) is 29.6 Å². The first-order valence-electron chi connectivity index (χ1n) is 8.40. The average molecular weight is 418 g/mol. The fraction of sp³-hybridized carbons (Fsp3) is 0.105. The molecule has 3 aromatic rings. The lowest BCUT2D eigenvalue weighted by Gasteiger charge is -2.13. The highest BCUT2D eigenvalue weighted by Gasteiger charge is 2.30.